The molecule has 2 heterocycles. The monoisotopic (exact) mass is 417 g/mol. The lowest BCUT2D eigenvalue weighted by atomic mass is 9.96. The van der Waals surface area contributed by atoms with E-state index in [-0.39, 0.29) is 24.8 Å². The number of piperidine rings is 1. The van der Waals surface area contributed by atoms with E-state index in [1.54, 1.807) is 11.3 Å². The van der Waals surface area contributed by atoms with Crippen LogP contribution in [0.3, 0.4) is 0 Å². The number of carbonyl (C=O) groups excluding carboxylic acids is 1. The summed E-state index contributed by atoms with van der Waals surface area (Å²) >= 11 is 1.75. The molecule has 1 N–H and O–H groups in total. The van der Waals surface area contributed by atoms with E-state index < -0.39 is 0 Å². The molecule has 1 aromatic carbocycles. The van der Waals surface area contributed by atoms with E-state index in [1.165, 1.54) is 4.70 Å². The van der Waals surface area contributed by atoms with Crippen LogP contribution < -0.4 is 5.32 Å². The molecule has 4 nitrogen and oxygen atoms in total. The van der Waals surface area contributed by atoms with Gasteiger partial charge in [-0.2, -0.15) is 0 Å². The number of hydrogen-bond acceptors (Lipinski definition) is 4. The minimum Gasteiger partial charge on any atom is -0.343 e. The highest BCUT2D eigenvalue weighted by Gasteiger charge is 2.22. The molecule has 0 bridgehead atoms. The molecule has 0 saturated carbocycles. The number of aryl methyl sites for hydroxylation is 1. The van der Waals surface area contributed by atoms with Crippen LogP contribution in [0.1, 0.15) is 37.6 Å². The maximum Gasteiger partial charge on any atom is 0.222 e. The second-order valence-electron chi connectivity index (χ2n) is 6.56. The van der Waals surface area contributed by atoms with Crippen molar-refractivity contribution in [3.8, 4) is 0 Å². The Bertz CT molecular complexity index is 639. The summed E-state index contributed by atoms with van der Waals surface area (Å²) in [5.74, 6) is 1.05. The van der Waals surface area contributed by atoms with Crippen molar-refractivity contribution in [2.24, 2.45) is 5.92 Å². The Balaban J connectivity index is 0.00000169. The van der Waals surface area contributed by atoms with E-state index >= 15 is 0 Å². The van der Waals surface area contributed by atoms with Gasteiger partial charge in [-0.05, 0) is 56.8 Å². The van der Waals surface area contributed by atoms with Gasteiger partial charge in [-0.25, -0.2) is 4.98 Å². The minimum atomic E-state index is 0. The zero-order chi connectivity index (χ0) is 16.8. The standard InChI is InChI=1S/C19H27N3OS.2ClH/c1-2-20-14-15-10-12-22(13-11-15)19(23)9-5-8-18-21-16-6-3-4-7-17(16)24-18;;/h3-4,6-7,15,20H,2,5,8-14H2,1H3;2*1H. The van der Waals surface area contributed by atoms with E-state index in [9.17, 15) is 4.79 Å². The first-order valence-corrected chi connectivity index (χ1v) is 9.91. The van der Waals surface area contributed by atoms with E-state index in [1.807, 2.05) is 12.1 Å². The molecule has 0 unspecified atom stereocenters. The fourth-order valence-electron chi connectivity index (χ4n) is 3.31. The highest BCUT2D eigenvalue weighted by molar-refractivity contribution is 7.18. The lowest BCUT2D eigenvalue weighted by Crippen LogP contribution is -2.40. The summed E-state index contributed by atoms with van der Waals surface area (Å²) in [5.41, 5.74) is 1.08. The van der Waals surface area contributed by atoms with Gasteiger partial charge in [0.2, 0.25) is 5.91 Å². The number of rotatable bonds is 7. The second-order valence-corrected chi connectivity index (χ2v) is 7.68. The normalized spacial score (nSPS) is 14.7. The van der Waals surface area contributed by atoms with Crippen LogP contribution >= 0.6 is 36.2 Å². The van der Waals surface area contributed by atoms with Gasteiger partial charge in [0.05, 0.1) is 15.2 Å². The van der Waals surface area contributed by atoms with Gasteiger partial charge in [-0.1, -0.05) is 19.1 Å². The number of halogens is 2. The van der Waals surface area contributed by atoms with E-state index in [2.05, 4.69) is 34.3 Å². The smallest absolute Gasteiger partial charge is 0.222 e. The molecular weight excluding hydrogens is 389 g/mol. The number of thiazole rings is 1. The number of likely N-dealkylation sites (tertiary alicyclic amines) is 1. The van der Waals surface area contributed by atoms with Crippen molar-refractivity contribution >= 4 is 52.3 Å². The van der Waals surface area contributed by atoms with Crippen molar-refractivity contribution in [1.29, 1.82) is 0 Å². The second kappa shape index (κ2) is 11.8. The van der Waals surface area contributed by atoms with Crippen molar-refractivity contribution in [3.05, 3.63) is 29.3 Å². The molecule has 2 aromatic rings. The molecule has 1 aliphatic heterocycles. The molecule has 26 heavy (non-hydrogen) atoms. The van der Waals surface area contributed by atoms with E-state index in [0.717, 1.165) is 68.3 Å². The zero-order valence-corrected chi connectivity index (χ0v) is 17.7. The highest BCUT2D eigenvalue weighted by atomic mass is 35.5. The van der Waals surface area contributed by atoms with Gasteiger partial charge in [0.1, 0.15) is 0 Å². The Morgan fingerprint density at radius 1 is 1.27 bits per heavy atom. The summed E-state index contributed by atoms with van der Waals surface area (Å²) in [4.78, 5) is 19.1. The quantitative estimate of drug-likeness (QED) is 0.729. The Kier molecular flexibility index (Phi) is 10.5. The Morgan fingerprint density at radius 2 is 2.00 bits per heavy atom. The van der Waals surface area contributed by atoms with Gasteiger partial charge in [0.25, 0.3) is 0 Å². The fourth-order valence-corrected chi connectivity index (χ4v) is 4.32. The Labute approximate surface area is 172 Å². The maximum atomic E-state index is 12.4. The first kappa shape index (κ1) is 23.2. The summed E-state index contributed by atoms with van der Waals surface area (Å²) in [5, 5.41) is 4.56. The molecule has 1 saturated heterocycles. The van der Waals surface area contributed by atoms with Crippen LogP contribution in [-0.4, -0.2) is 42.0 Å². The minimum absolute atomic E-state index is 0. The summed E-state index contributed by atoms with van der Waals surface area (Å²) < 4.78 is 1.24. The average Bonchev–Trinajstić information content (AvgIpc) is 3.03. The molecule has 0 radical (unpaired) electrons. The number of aromatic nitrogens is 1. The van der Waals surface area contributed by atoms with Gasteiger partial charge in [0.15, 0.2) is 0 Å². The van der Waals surface area contributed by atoms with Crippen LogP contribution in [0, 0.1) is 5.92 Å². The number of amides is 1. The van der Waals surface area contributed by atoms with Crippen molar-refractivity contribution < 1.29 is 4.79 Å². The van der Waals surface area contributed by atoms with E-state index in [0.29, 0.717) is 12.3 Å². The summed E-state index contributed by atoms with van der Waals surface area (Å²) in [6, 6.07) is 8.24. The highest BCUT2D eigenvalue weighted by Crippen LogP contribution is 2.23. The molecule has 3 rings (SSSR count). The molecule has 1 aromatic heterocycles. The predicted octanol–water partition coefficient (Wildman–Crippen LogP) is 4.31. The van der Waals surface area contributed by atoms with Gasteiger partial charge in [-0.3, -0.25) is 4.79 Å². The molecular formula is C19H29Cl2N3OS. The lowest BCUT2D eigenvalue weighted by Gasteiger charge is -2.32. The van der Waals surface area contributed by atoms with Crippen LogP contribution in [0.2, 0.25) is 0 Å². The predicted molar refractivity (Wildman–Crippen MR) is 115 cm³/mol. The van der Waals surface area contributed by atoms with Gasteiger partial charge >= 0.3 is 0 Å². The largest absolute Gasteiger partial charge is 0.343 e. The average molecular weight is 418 g/mol. The van der Waals surface area contributed by atoms with Crippen LogP contribution in [0.5, 0.6) is 0 Å². The third-order valence-corrected chi connectivity index (χ3v) is 5.87. The number of para-hydroxylation sites is 1. The van der Waals surface area contributed by atoms with Crippen molar-refractivity contribution in [1.82, 2.24) is 15.2 Å². The lowest BCUT2D eigenvalue weighted by molar-refractivity contribution is -0.132. The van der Waals surface area contributed by atoms with Gasteiger partial charge in [-0.15, -0.1) is 36.2 Å². The third kappa shape index (κ3) is 6.38. The fraction of sp³-hybridized carbons (Fsp3) is 0.579. The Morgan fingerprint density at radius 3 is 2.69 bits per heavy atom. The van der Waals surface area contributed by atoms with Crippen molar-refractivity contribution in [3.63, 3.8) is 0 Å². The molecule has 0 aliphatic carbocycles. The summed E-state index contributed by atoms with van der Waals surface area (Å²) in [6.07, 6.45) is 4.72. The number of nitrogens with one attached hydrogen (secondary N) is 1. The zero-order valence-electron chi connectivity index (χ0n) is 15.3. The molecule has 1 aliphatic rings. The molecule has 0 spiro atoms. The molecule has 1 fully saturated rings. The molecule has 1 amide bonds. The summed E-state index contributed by atoms with van der Waals surface area (Å²) in [7, 11) is 0. The first-order chi connectivity index (χ1) is 11.8. The summed E-state index contributed by atoms with van der Waals surface area (Å²) in [6.45, 7) is 6.12. The molecule has 7 heteroatoms. The third-order valence-electron chi connectivity index (χ3n) is 4.77. The molecule has 146 valence electrons. The van der Waals surface area contributed by atoms with Gasteiger partial charge in [0, 0.05) is 19.5 Å². The number of carbonyl (C=O) groups is 1. The first-order valence-electron chi connectivity index (χ1n) is 9.09. The van der Waals surface area contributed by atoms with Crippen LogP contribution in [0.25, 0.3) is 10.2 Å². The number of benzene rings is 1. The maximum absolute atomic E-state index is 12.4. The van der Waals surface area contributed by atoms with Crippen molar-refractivity contribution in [2.75, 3.05) is 26.2 Å². The topological polar surface area (TPSA) is 45.2 Å². The SMILES string of the molecule is CCNCC1CCN(C(=O)CCCc2nc3ccccc3s2)CC1.Cl.Cl. The molecule has 0 atom stereocenters. The number of hydrogen-bond donors (Lipinski definition) is 1. The van der Waals surface area contributed by atoms with Crippen LogP contribution in [0.4, 0.5) is 0 Å². The van der Waals surface area contributed by atoms with Crippen molar-refractivity contribution in [2.45, 2.75) is 39.0 Å². The number of nitrogens with zero attached hydrogens (tertiary/aromatic N) is 2. The van der Waals surface area contributed by atoms with Gasteiger partial charge < -0.3 is 10.2 Å². The Hall–Kier alpha value is -0.880. The van der Waals surface area contributed by atoms with Crippen LogP contribution in [0.15, 0.2) is 24.3 Å². The van der Waals surface area contributed by atoms with E-state index in [4.69, 9.17) is 0 Å². The van der Waals surface area contributed by atoms with Crippen LogP contribution in [-0.2, 0) is 11.2 Å². The number of fused-ring (bicyclic) bond motifs is 1.